The average Bonchev–Trinajstić information content (AvgIpc) is 3.16. The molecule has 134 valence electrons. The van der Waals surface area contributed by atoms with Gasteiger partial charge in [-0.2, -0.15) is 0 Å². The van der Waals surface area contributed by atoms with E-state index in [0.717, 1.165) is 47.4 Å². The second-order valence-corrected chi connectivity index (χ2v) is 7.30. The SMILES string of the molecule is Br.CCCC1Oc2c(C3=CSC4=NCCN34)cc(Cl)cc2N(C)C1=O. The number of anilines is 1. The molecule has 0 aliphatic carbocycles. The lowest BCUT2D eigenvalue weighted by Gasteiger charge is -2.34. The van der Waals surface area contributed by atoms with Gasteiger partial charge in [0.15, 0.2) is 17.0 Å². The molecule has 0 saturated carbocycles. The molecule has 5 nitrogen and oxygen atoms in total. The Bertz CT molecular complexity index is 783. The molecule has 0 radical (unpaired) electrons. The number of nitrogens with zero attached hydrogens (tertiary/aromatic N) is 3. The Labute approximate surface area is 166 Å². The Kier molecular flexibility index (Phi) is 5.37. The number of aliphatic imine (C=N–C) groups is 1. The molecule has 0 aromatic heterocycles. The number of fused-ring (bicyclic) bond motifs is 2. The standard InChI is InChI=1S/C17H18ClN3O2S.BrH/c1-3-4-14-16(22)20(2)12-8-10(18)7-11(15(12)23-14)13-9-24-17-19-5-6-21(13)17;/h7-9,14H,3-6H2,1-2H3;1H. The fourth-order valence-corrected chi connectivity index (χ4v) is 4.41. The molecular weight excluding hydrogens is 426 g/mol. The van der Waals surface area contributed by atoms with Gasteiger partial charge in [0, 0.05) is 29.6 Å². The maximum atomic E-state index is 12.5. The van der Waals surface area contributed by atoms with Crippen LogP contribution in [0.3, 0.4) is 0 Å². The number of likely N-dealkylation sites (N-methyl/N-ethyl adjacent to an activating group) is 1. The molecule has 0 saturated heterocycles. The predicted octanol–water partition coefficient (Wildman–Crippen LogP) is 4.16. The minimum atomic E-state index is -0.436. The first-order chi connectivity index (χ1) is 11.6. The first-order valence-corrected chi connectivity index (χ1v) is 9.33. The molecule has 8 heteroatoms. The molecule has 1 unspecified atom stereocenters. The zero-order valence-electron chi connectivity index (χ0n) is 14.0. The molecule has 0 fully saturated rings. The number of amidine groups is 1. The second-order valence-electron chi connectivity index (χ2n) is 6.03. The summed E-state index contributed by atoms with van der Waals surface area (Å²) in [5, 5.41) is 3.69. The van der Waals surface area contributed by atoms with E-state index < -0.39 is 6.10 Å². The van der Waals surface area contributed by atoms with E-state index in [1.54, 1.807) is 29.8 Å². The Morgan fingerprint density at radius 3 is 3.00 bits per heavy atom. The highest BCUT2D eigenvalue weighted by Gasteiger charge is 2.36. The highest BCUT2D eigenvalue weighted by atomic mass is 79.9. The van der Waals surface area contributed by atoms with Gasteiger partial charge in [-0.1, -0.05) is 36.7 Å². The maximum absolute atomic E-state index is 12.5. The van der Waals surface area contributed by atoms with Crippen LogP contribution in [0.5, 0.6) is 5.75 Å². The van der Waals surface area contributed by atoms with Gasteiger partial charge in [-0.3, -0.25) is 9.79 Å². The lowest BCUT2D eigenvalue weighted by Crippen LogP contribution is -2.44. The zero-order valence-corrected chi connectivity index (χ0v) is 17.3. The van der Waals surface area contributed by atoms with Crippen molar-refractivity contribution >= 4 is 62.8 Å². The average molecular weight is 445 g/mol. The monoisotopic (exact) mass is 443 g/mol. The van der Waals surface area contributed by atoms with Crippen molar-refractivity contribution in [2.24, 2.45) is 4.99 Å². The van der Waals surface area contributed by atoms with E-state index in [2.05, 4.69) is 22.2 Å². The molecule has 0 spiro atoms. The van der Waals surface area contributed by atoms with E-state index >= 15 is 0 Å². The highest BCUT2D eigenvalue weighted by molar-refractivity contribution is 8.93. The van der Waals surface area contributed by atoms with Crippen LogP contribution in [-0.4, -0.2) is 42.2 Å². The molecule has 0 N–H and O–H groups in total. The Hall–Kier alpha value is -1.18. The fourth-order valence-electron chi connectivity index (χ4n) is 3.25. The summed E-state index contributed by atoms with van der Waals surface area (Å²) in [6.45, 7) is 3.72. The van der Waals surface area contributed by atoms with Crippen molar-refractivity contribution in [1.29, 1.82) is 0 Å². The third-order valence-corrected chi connectivity index (χ3v) is 5.58. The number of ether oxygens (including phenoxy) is 1. The largest absolute Gasteiger partial charge is 0.478 e. The first kappa shape index (κ1) is 18.6. The van der Waals surface area contributed by atoms with Crippen LogP contribution < -0.4 is 9.64 Å². The molecule has 4 rings (SSSR count). The van der Waals surface area contributed by atoms with Gasteiger partial charge in [-0.25, -0.2) is 0 Å². The molecule has 1 aromatic carbocycles. The number of halogens is 2. The van der Waals surface area contributed by atoms with Crippen molar-refractivity contribution in [3.05, 3.63) is 28.1 Å². The minimum absolute atomic E-state index is 0. The number of benzene rings is 1. The van der Waals surface area contributed by atoms with E-state index in [1.165, 1.54) is 0 Å². The van der Waals surface area contributed by atoms with E-state index in [0.29, 0.717) is 11.4 Å². The molecule has 1 atom stereocenters. The predicted molar refractivity (Wildman–Crippen MR) is 109 cm³/mol. The lowest BCUT2D eigenvalue weighted by molar-refractivity contribution is -0.126. The molecule has 0 bridgehead atoms. The van der Waals surface area contributed by atoms with Gasteiger partial charge in [-0.15, -0.1) is 17.0 Å². The normalized spacial score (nSPS) is 21.2. The minimum Gasteiger partial charge on any atom is -0.478 e. The first-order valence-electron chi connectivity index (χ1n) is 8.07. The highest BCUT2D eigenvalue weighted by Crippen LogP contribution is 2.46. The van der Waals surface area contributed by atoms with Gasteiger partial charge in [0.2, 0.25) is 0 Å². The van der Waals surface area contributed by atoms with Gasteiger partial charge in [0.1, 0.15) is 0 Å². The summed E-state index contributed by atoms with van der Waals surface area (Å²) in [5.41, 5.74) is 2.70. The third-order valence-electron chi connectivity index (χ3n) is 4.46. The fraction of sp³-hybridized carbons (Fsp3) is 0.412. The van der Waals surface area contributed by atoms with Crippen LogP contribution in [0.15, 0.2) is 22.5 Å². The Morgan fingerprint density at radius 2 is 2.24 bits per heavy atom. The van der Waals surface area contributed by atoms with Crippen molar-refractivity contribution < 1.29 is 9.53 Å². The summed E-state index contributed by atoms with van der Waals surface area (Å²) >= 11 is 7.96. The molecular formula is C17H19BrClN3O2S. The van der Waals surface area contributed by atoms with Crippen LogP contribution in [0, 0.1) is 0 Å². The van der Waals surface area contributed by atoms with E-state index in [9.17, 15) is 4.79 Å². The molecule has 25 heavy (non-hydrogen) atoms. The van der Waals surface area contributed by atoms with Crippen molar-refractivity contribution in [2.75, 3.05) is 25.0 Å². The summed E-state index contributed by atoms with van der Waals surface area (Å²) in [6, 6.07) is 3.71. The summed E-state index contributed by atoms with van der Waals surface area (Å²) in [4.78, 5) is 20.9. The van der Waals surface area contributed by atoms with Crippen LogP contribution in [-0.2, 0) is 4.79 Å². The molecule has 3 aliphatic heterocycles. The smallest absolute Gasteiger partial charge is 0.267 e. The van der Waals surface area contributed by atoms with Crippen molar-refractivity contribution in [1.82, 2.24) is 4.90 Å². The zero-order chi connectivity index (χ0) is 16.8. The number of hydrogen-bond acceptors (Lipinski definition) is 5. The maximum Gasteiger partial charge on any atom is 0.267 e. The van der Waals surface area contributed by atoms with Crippen LogP contribution in [0.4, 0.5) is 5.69 Å². The van der Waals surface area contributed by atoms with E-state index in [1.807, 2.05) is 6.07 Å². The van der Waals surface area contributed by atoms with Crippen LogP contribution >= 0.6 is 40.3 Å². The van der Waals surface area contributed by atoms with Gasteiger partial charge in [-0.05, 0) is 18.6 Å². The van der Waals surface area contributed by atoms with E-state index in [4.69, 9.17) is 16.3 Å². The van der Waals surface area contributed by atoms with E-state index in [-0.39, 0.29) is 22.9 Å². The number of carbonyl (C=O) groups is 1. The summed E-state index contributed by atoms with van der Waals surface area (Å²) < 4.78 is 6.14. The quantitative estimate of drug-likeness (QED) is 0.702. The van der Waals surface area contributed by atoms with Crippen LogP contribution in [0.25, 0.3) is 5.70 Å². The Morgan fingerprint density at radius 1 is 1.44 bits per heavy atom. The van der Waals surface area contributed by atoms with Gasteiger partial charge in [0.25, 0.3) is 5.91 Å². The summed E-state index contributed by atoms with van der Waals surface area (Å²) in [7, 11) is 1.78. The van der Waals surface area contributed by atoms with Gasteiger partial charge in [0.05, 0.1) is 17.9 Å². The Balaban J connectivity index is 0.00000182. The van der Waals surface area contributed by atoms with Crippen LogP contribution in [0.2, 0.25) is 5.02 Å². The van der Waals surface area contributed by atoms with Crippen molar-refractivity contribution in [3.8, 4) is 5.75 Å². The molecule has 3 heterocycles. The van der Waals surface area contributed by atoms with Crippen molar-refractivity contribution in [2.45, 2.75) is 25.9 Å². The van der Waals surface area contributed by atoms with Gasteiger partial charge >= 0.3 is 0 Å². The third kappa shape index (κ3) is 3.06. The topological polar surface area (TPSA) is 45.1 Å². The molecule has 3 aliphatic rings. The number of rotatable bonds is 3. The second kappa shape index (κ2) is 7.21. The number of thioether (sulfide) groups is 1. The number of carbonyl (C=O) groups excluding carboxylic acids is 1. The lowest BCUT2D eigenvalue weighted by atomic mass is 10.0. The summed E-state index contributed by atoms with van der Waals surface area (Å²) in [6.07, 6.45) is 1.16. The number of hydrogen-bond donors (Lipinski definition) is 0. The van der Waals surface area contributed by atoms with Crippen molar-refractivity contribution in [3.63, 3.8) is 0 Å². The molecule has 1 aromatic rings. The summed E-state index contributed by atoms with van der Waals surface area (Å²) in [5.74, 6) is 0.718. The molecule has 1 amide bonds. The number of amides is 1. The van der Waals surface area contributed by atoms with Gasteiger partial charge < -0.3 is 14.5 Å². The van der Waals surface area contributed by atoms with Crippen LogP contribution in [0.1, 0.15) is 25.3 Å².